The molecule has 0 aliphatic carbocycles. The summed E-state index contributed by atoms with van der Waals surface area (Å²) in [5, 5.41) is 21.9. The Kier molecular flexibility index (Phi) is 6.88. The predicted molar refractivity (Wildman–Crippen MR) is 145 cm³/mol. The van der Waals surface area contributed by atoms with Crippen LogP contribution in [0.3, 0.4) is 0 Å². The Bertz CT molecular complexity index is 1400. The van der Waals surface area contributed by atoms with E-state index in [-0.39, 0.29) is 18.1 Å². The topological polar surface area (TPSA) is 128 Å². The summed E-state index contributed by atoms with van der Waals surface area (Å²) in [6.45, 7) is 7.43. The average Bonchev–Trinajstić information content (AvgIpc) is 3.54. The summed E-state index contributed by atoms with van der Waals surface area (Å²) in [4.78, 5) is 30.0. The number of ether oxygens (including phenoxy) is 1. The first-order chi connectivity index (χ1) is 18.2. The van der Waals surface area contributed by atoms with Crippen molar-refractivity contribution in [3.63, 3.8) is 0 Å². The molecule has 1 atom stereocenters. The van der Waals surface area contributed by atoms with Crippen molar-refractivity contribution < 1.29 is 9.53 Å². The van der Waals surface area contributed by atoms with E-state index < -0.39 is 11.1 Å². The van der Waals surface area contributed by atoms with Gasteiger partial charge >= 0.3 is 6.09 Å². The fourth-order valence-corrected chi connectivity index (χ4v) is 5.47. The highest BCUT2D eigenvalue weighted by atomic mass is 16.6. The monoisotopic (exact) mass is 517 g/mol. The van der Waals surface area contributed by atoms with Crippen LogP contribution in [0.15, 0.2) is 41.3 Å². The summed E-state index contributed by atoms with van der Waals surface area (Å²) < 4.78 is 7.37. The van der Waals surface area contributed by atoms with E-state index in [0.29, 0.717) is 48.7 Å². The van der Waals surface area contributed by atoms with Gasteiger partial charge in [-0.1, -0.05) is 12.1 Å². The van der Waals surface area contributed by atoms with Gasteiger partial charge in [0.05, 0.1) is 23.5 Å². The summed E-state index contributed by atoms with van der Waals surface area (Å²) in [6, 6.07) is 12.7. The van der Waals surface area contributed by atoms with E-state index >= 15 is 0 Å². The molecule has 2 aliphatic heterocycles. The molecule has 1 amide bonds. The summed E-state index contributed by atoms with van der Waals surface area (Å²) in [6.07, 6.45) is 4.80. The Morgan fingerprint density at radius 1 is 1.24 bits per heavy atom. The van der Waals surface area contributed by atoms with Gasteiger partial charge in [0.25, 0.3) is 5.56 Å². The van der Waals surface area contributed by atoms with Crippen molar-refractivity contribution in [2.45, 2.75) is 70.1 Å². The molecule has 5 rings (SSSR count). The maximum absolute atomic E-state index is 13.0. The molecule has 10 nitrogen and oxygen atoms in total. The van der Waals surface area contributed by atoms with Crippen LogP contribution in [-0.4, -0.2) is 51.0 Å². The average molecular weight is 518 g/mol. The molecule has 38 heavy (non-hydrogen) atoms. The van der Waals surface area contributed by atoms with E-state index in [1.165, 1.54) is 12.0 Å². The third kappa shape index (κ3) is 5.11. The van der Waals surface area contributed by atoms with Gasteiger partial charge in [0, 0.05) is 31.0 Å². The molecule has 200 valence electrons. The standard InChI is InChI=1S/C28H35N7O3/c1-27(2,3)38-26(37)34-17-12-28(11-14-29,13-18-34)35-22-10-16-31-25(36)23(22)24(33-35)32-20-8-6-19(7-9-20)21-5-4-15-30-21/h6-10,16,21,30H,4-5,11-13,15,17-18H2,1-3H3,(H,31,36)(H,32,33)/t21-/m1/s1. The first-order valence-corrected chi connectivity index (χ1v) is 13.3. The number of anilines is 2. The minimum Gasteiger partial charge on any atom is -0.444 e. The molecular formula is C28H35N7O3. The summed E-state index contributed by atoms with van der Waals surface area (Å²) in [7, 11) is 0. The lowest BCUT2D eigenvalue weighted by molar-refractivity contribution is 0.0110. The van der Waals surface area contributed by atoms with Gasteiger partial charge in [-0.3, -0.25) is 9.48 Å². The number of aromatic amines is 1. The first-order valence-electron chi connectivity index (χ1n) is 13.3. The molecular weight excluding hydrogens is 482 g/mol. The van der Waals surface area contributed by atoms with Crippen LogP contribution in [0.2, 0.25) is 0 Å². The Hall–Kier alpha value is -3.84. The van der Waals surface area contributed by atoms with E-state index in [1.807, 2.05) is 43.7 Å². The summed E-state index contributed by atoms with van der Waals surface area (Å²) >= 11 is 0. The molecule has 0 spiro atoms. The number of piperidine rings is 1. The number of pyridine rings is 1. The minimum atomic E-state index is -0.656. The molecule has 2 fully saturated rings. The maximum atomic E-state index is 13.0. The number of amides is 1. The van der Waals surface area contributed by atoms with Crippen molar-refractivity contribution in [3.05, 3.63) is 52.4 Å². The highest BCUT2D eigenvalue weighted by Crippen LogP contribution is 2.38. The SMILES string of the molecule is CC(C)(C)OC(=O)N1CCC(CC#N)(n2nc(Nc3ccc([C@H]4CCCN4)cc3)c3c(=O)[nH]ccc32)CC1. The number of rotatable bonds is 5. The largest absolute Gasteiger partial charge is 0.444 e. The van der Waals surface area contributed by atoms with Crippen molar-refractivity contribution in [2.24, 2.45) is 0 Å². The molecule has 0 unspecified atom stereocenters. The quantitative estimate of drug-likeness (QED) is 0.453. The molecule has 2 aliphatic rings. The minimum absolute atomic E-state index is 0.210. The highest BCUT2D eigenvalue weighted by Gasteiger charge is 2.41. The van der Waals surface area contributed by atoms with Crippen LogP contribution in [0.25, 0.3) is 10.9 Å². The van der Waals surface area contributed by atoms with Gasteiger partial charge in [-0.2, -0.15) is 10.4 Å². The van der Waals surface area contributed by atoms with Gasteiger partial charge in [0.15, 0.2) is 5.82 Å². The molecule has 3 aromatic rings. The third-order valence-electron chi connectivity index (χ3n) is 7.44. The fraction of sp³-hybridized carbons (Fsp3) is 0.500. The van der Waals surface area contributed by atoms with E-state index in [2.05, 4.69) is 33.8 Å². The maximum Gasteiger partial charge on any atom is 0.410 e. The van der Waals surface area contributed by atoms with Gasteiger partial charge in [-0.25, -0.2) is 4.79 Å². The zero-order valence-electron chi connectivity index (χ0n) is 22.2. The number of carbonyl (C=O) groups is 1. The van der Waals surface area contributed by atoms with E-state index in [4.69, 9.17) is 9.84 Å². The van der Waals surface area contributed by atoms with Crippen LogP contribution < -0.4 is 16.2 Å². The fourth-order valence-electron chi connectivity index (χ4n) is 5.47. The highest BCUT2D eigenvalue weighted by molar-refractivity contribution is 5.91. The molecule has 0 bridgehead atoms. The van der Waals surface area contributed by atoms with Gasteiger partial charge < -0.3 is 25.3 Å². The molecule has 2 aromatic heterocycles. The second-order valence-electron chi connectivity index (χ2n) is 11.3. The molecule has 0 radical (unpaired) electrons. The van der Waals surface area contributed by atoms with Gasteiger partial charge in [0.1, 0.15) is 11.0 Å². The normalized spacial score (nSPS) is 19.3. The lowest BCUT2D eigenvalue weighted by atomic mass is 9.85. The predicted octanol–water partition coefficient (Wildman–Crippen LogP) is 4.53. The van der Waals surface area contributed by atoms with E-state index in [1.54, 1.807) is 11.1 Å². The van der Waals surface area contributed by atoms with E-state index in [0.717, 1.165) is 18.7 Å². The van der Waals surface area contributed by atoms with Crippen molar-refractivity contribution in [1.82, 2.24) is 25.0 Å². The molecule has 10 heteroatoms. The number of hydrogen-bond donors (Lipinski definition) is 3. The number of benzene rings is 1. The van der Waals surface area contributed by atoms with Gasteiger partial charge in [-0.15, -0.1) is 0 Å². The van der Waals surface area contributed by atoms with Crippen LogP contribution in [0.5, 0.6) is 0 Å². The Morgan fingerprint density at radius 3 is 2.61 bits per heavy atom. The number of hydrogen-bond acceptors (Lipinski definition) is 7. The summed E-state index contributed by atoms with van der Waals surface area (Å²) in [5.74, 6) is 0.445. The van der Waals surface area contributed by atoms with Crippen molar-refractivity contribution in [2.75, 3.05) is 25.0 Å². The summed E-state index contributed by atoms with van der Waals surface area (Å²) in [5.41, 5.74) is 1.24. The van der Waals surface area contributed by atoms with Crippen LogP contribution in [-0.2, 0) is 10.3 Å². The number of nitrogens with zero attached hydrogens (tertiary/aromatic N) is 4. The molecule has 1 aromatic carbocycles. The number of fused-ring (bicyclic) bond motifs is 1. The Morgan fingerprint density at radius 2 is 1.97 bits per heavy atom. The van der Waals surface area contributed by atoms with Crippen LogP contribution in [0.4, 0.5) is 16.3 Å². The lowest BCUT2D eigenvalue weighted by Crippen LogP contribution is -2.49. The smallest absolute Gasteiger partial charge is 0.410 e. The molecule has 2 saturated heterocycles. The van der Waals surface area contributed by atoms with Crippen molar-refractivity contribution in [3.8, 4) is 6.07 Å². The van der Waals surface area contributed by atoms with E-state index in [9.17, 15) is 14.9 Å². The van der Waals surface area contributed by atoms with Crippen molar-refractivity contribution >= 4 is 28.5 Å². The number of likely N-dealkylation sites (tertiary alicyclic amines) is 1. The van der Waals surface area contributed by atoms with Crippen molar-refractivity contribution in [1.29, 1.82) is 5.26 Å². The molecule has 4 heterocycles. The van der Waals surface area contributed by atoms with Crippen LogP contribution in [0.1, 0.15) is 64.5 Å². The second kappa shape index (κ2) is 10.1. The Labute approximate surface area is 222 Å². The Balaban J connectivity index is 1.44. The van der Waals surface area contributed by atoms with Crippen LogP contribution in [0, 0.1) is 11.3 Å². The number of carbonyl (C=O) groups excluding carboxylic acids is 1. The zero-order valence-corrected chi connectivity index (χ0v) is 22.2. The third-order valence-corrected chi connectivity index (χ3v) is 7.44. The lowest BCUT2D eigenvalue weighted by Gasteiger charge is -2.41. The zero-order chi connectivity index (χ0) is 26.9. The van der Waals surface area contributed by atoms with Gasteiger partial charge in [-0.05, 0) is 76.8 Å². The van der Waals surface area contributed by atoms with Gasteiger partial charge in [0.2, 0.25) is 0 Å². The van der Waals surface area contributed by atoms with Crippen LogP contribution >= 0.6 is 0 Å². The first kappa shape index (κ1) is 25.8. The number of nitrogens with one attached hydrogen (secondary N) is 3. The molecule has 3 N–H and O–H groups in total. The second-order valence-corrected chi connectivity index (χ2v) is 11.3. The number of nitriles is 1. The number of aromatic nitrogens is 3. The molecule has 0 saturated carbocycles. The number of H-pyrrole nitrogens is 1.